The summed E-state index contributed by atoms with van der Waals surface area (Å²) < 4.78 is 0. The van der Waals surface area contributed by atoms with E-state index in [1.807, 2.05) is 13.0 Å². The zero-order valence-electron chi connectivity index (χ0n) is 13.7. The highest BCUT2D eigenvalue weighted by Crippen LogP contribution is 2.22. The van der Waals surface area contributed by atoms with Crippen molar-refractivity contribution < 1.29 is 9.59 Å². The van der Waals surface area contributed by atoms with Crippen molar-refractivity contribution in [1.29, 1.82) is 0 Å². The molecule has 0 aliphatic heterocycles. The van der Waals surface area contributed by atoms with E-state index in [1.54, 1.807) is 36.4 Å². The Morgan fingerprint density at radius 1 is 1.04 bits per heavy atom. The van der Waals surface area contributed by atoms with Crippen molar-refractivity contribution in [3.8, 4) is 0 Å². The molecule has 0 radical (unpaired) electrons. The van der Waals surface area contributed by atoms with Crippen molar-refractivity contribution >= 4 is 46.4 Å². The molecule has 0 saturated heterocycles. The van der Waals surface area contributed by atoms with Gasteiger partial charge in [0.1, 0.15) is 0 Å². The predicted molar refractivity (Wildman–Crippen MR) is 103 cm³/mol. The van der Waals surface area contributed by atoms with Crippen LogP contribution in [0.1, 0.15) is 23.7 Å². The highest BCUT2D eigenvalue weighted by atomic mass is 35.5. The number of hydrogen-bond acceptors (Lipinski definition) is 3. The molecule has 7 heteroatoms. The molecule has 0 bridgehead atoms. The van der Waals surface area contributed by atoms with Gasteiger partial charge in [-0.05, 0) is 36.8 Å². The van der Waals surface area contributed by atoms with E-state index in [1.165, 1.54) is 0 Å². The molecule has 2 aromatic rings. The van der Waals surface area contributed by atoms with Crippen LogP contribution >= 0.6 is 23.2 Å². The van der Waals surface area contributed by atoms with E-state index in [9.17, 15) is 9.59 Å². The van der Waals surface area contributed by atoms with E-state index < -0.39 is 0 Å². The van der Waals surface area contributed by atoms with Gasteiger partial charge in [-0.25, -0.2) is 0 Å². The average molecular weight is 380 g/mol. The van der Waals surface area contributed by atoms with Crippen LogP contribution in [0, 0.1) is 0 Å². The molecule has 0 heterocycles. The molecule has 0 spiro atoms. The Hall–Kier alpha value is -2.24. The smallest absolute Gasteiger partial charge is 0.253 e. The number of rotatable bonds is 7. The van der Waals surface area contributed by atoms with Crippen molar-refractivity contribution in [2.75, 3.05) is 23.7 Å². The van der Waals surface area contributed by atoms with Crippen molar-refractivity contribution in [2.24, 2.45) is 0 Å². The van der Waals surface area contributed by atoms with Crippen LogP contribution in [0.4, 0.5) is 11.4 Å². The fraction of sp³-hybridized carbons (Fsp3) is 0.222. The van der Waals surface area contributed by atoms with E-state index in [0.717, 1.165) is 6.42 Å². The first-order valence-corrected chi connectivity index (χ1v) is 8.63. The summed E-state index contributed by atoms with van der Waals surface area (Å²) in [6, 6.07) is 11.9. The Labute approximate surface area is 156 Å². The van der Waals surface area contributed by atoms with Gasteiger partial charge in [0.05, 0.1) is 28.5 Å². The molecule has 2 aromatic carbocycles. The molecule has 2 amide bonds. The third kappa shape index (κ3) is 5.66. The highest BCUT2D eigenvalue weighted by Gasteiger charge is 2.14. The van der Waals surface area contributed by atoms with E-state index >= 15 is 0 Å². The van der Waals surface area contributed by atoms with Gasteiger partial charge >= 0.3 is 0 Å². The standard InChI is InChI=1S/C18H19Cl2N3O2/c1-2-9-21-18(25)13-8-7-12(19)10-16(13)23-17(24)11-22-15-6-4-3-5-14(15)20/h3-8,10,22H,2,9,11H2,1H3,(H,21,25)(H,23,24). The van der Waals surface area contributed by atoms with E-state index in [0.29, 0.717) is 33.5 Å². The van der Waals surface area contributed by atoms with E-state index in [-0.39, 0.29) is 18.4 Å². The Morgan fingerprint density at radius 3 is 2.52 bits per heavy atom. The topological polar surface area (TPSA) is 70.2 Å². The number of benzene rings is 2. The molecular weight excluding hydrogens is 361 g/mol. The van der Waals surface area contributed by atoms with Gasteiger partial charge in [-0.15, -0.1) is 0 Å². The zero-order chi connectivity index (χ0) is 18.2. The number of carbonyl (C=O) groups is 2. The molecule has 0 saturated carbocycles. The largest absolute Gasteiger partial charge is 0.375 e. The van der Waals surface area contributed by atoms with Crippen LogP contribution in [0.15, 0.2) is 42.5 Å². The average Bonchev–Trinajstić information content (AvgIpc) is 2.59. The minimum Gasteiger partial charge on any atom is -0.375 e. The van der Waals surface area contributed by atoms with E-state index in [4.69, 9.17) is 23.2 Å². The molecule has 0 aliphatic carbocycles. The summed E-state index contributed by atoms with van der Waals surface area (Å²) in [6.07, 6.45) is 0.822. The minimum atomic E-state index is -0.313. The summed E-state index contributed by atoms with van der Waals surface area (Å²) in [5, 5.41) is 9.40. The van der Waals surface area contributed by atoms with Crippen LogP contribution in [-0.2, 0) is 4.79 Å². The van der Waals surface area contributed by atoms with Crippen molar-refractivity contribution in [1.82, 2.24) is 5.32 Å². The molecule has 3 N–H and O–H groups in total. The number of carbonyl (C=O) groups excluding carboxylic acids is 2. The van der Waals surface area contributed by atoms with Gasteiger partial charge in [-0.2, -0.15) is 0 Å². The molecule has 25 heavy (non-hydrogen) atoms. The van der Waals surface area contributed by atoms with Gasteiger partial charge in [0.25, 0.3) is 5.91 Å². The number of amides is 2. The zero-order valence-corrected chi connectivity index (χ0v) is 15.2. The molecule has 0 unspecified atom stereocenters. The molecular formula is C18H19Cl2N3O2. The van der Waals surface area contributed by atoms with Gasteiger partial charge in [0, 0.05) is 11.6 Å². The molecule has 132 valence electrons. The monoisotopic (exact) mass is 379 g/mol. The predicted octanol–water partition coefficient (Wildman–Crippen LogP) is 4.18. The normalized spacial score (nSPS) is 10.2. The fourth-order valence-corrected chi connectivity index (χ4v) is 2.50. The van der Waals surface area contributed by atoms with Gasteiger partial charge in [0.15, 0.2) is 0 Å². The quantitative estimate of drug-likeness (QED) is 0.675. The summed E-state index contributed by atoms with van der Waals surface area (Å²) in [5.74, 6) is -0.570. The summed E-state index contributed by atoms with van der Waals surface area (Å²) in [6.45, 7) is 2.53. The lowest BCUT2D eigenvalue weighted by atomic mass is 10.1. The molecule has 0 aliphatic rings. The van der Waals surface area contributed by atoms with Crippen molar-refractivity contribution in [3.63, 3.8) is 0 Å². The number of hydrogen-bond donors (Lipinski definition) is 3. The van der Waals surface area contributed by atoms with Crippen LogP contribution in [0.25, 0.3) is 0 Å². The van der Waals surface area contributed by atoms with Crippen LogP contribution in [-0.4, -0.2) is 24.9 Å². The Balaban J connectivity index is 2.05. The van der Waals surface area contributed by atoms with Gasteiger partial charge in [0.2, 0.25) is 5.91 Å². The Morgan fingerprint density at radius 2 is 1.80 bits per heavy atom. The third-order valence-corrected chi connectivity index (χ3v) is 3.91. The van der Waals surface area contributed by atoms with Crippen molar-refractivity contribution in [3.05, 3.63) is 58.1 Å². The molecule has 5 nitrogen and oxygen atoms in total. The van der Waals surface area contributed by atoms with Gasteiger partial charge < -0.3 is 16.0 Å². The van der Waals surface area contributed by atoms with Crippen LogP contribution in [0.3, 0.4) is 0 Å². The maximum Gasteiger partial charge on any atom is 0.253 e. The van der Waals surface area contributed by atoms with Crippen LogP contribution in [0.2, 0.25) is 10.0 Å². The summed E-state index contributed by atoms with van der Waals surface area (Å²) in [4.78, 5) is 24.4. The molecule has 0 aromatic heterocycles. The van der Waals surface area contributed by atoms with Crippen molar-refractivity contribution in [2.45, 2.75) is 13.3 Å². The first kappa shape index (κ1) is 19.1. The fourth-order valence-electron chi connectivity index (χ4n) is 2.13. The first-order chi connectivity index (χ1) is 12.0. The summed E-state index contributed by atoms with van der Waals surface area (Å²) in [5.41, 5.74) is 1.39. The lowest BCUT2D eigenvalue weighted by Crippen LogP contribution is -2.27. The third-order valence-electron chi connectivity index (χ3n) is 3.35. The SMILES string of the molecule is CCCNC(=O)c1ccc(Cl)cc1NC(=O)CNc1ccccc1Cl. The number of para-hydroxylation sites is 1. The van der Waals surface area contributed by atoms with Crippen LogP contribution in [0.5, 0.6) is 0 Å². The highest BCUT2D eigenvalue weighted by molar-refractivity contribution is 6.33. The lowest BCUT2D eigenvalue weighted by Gasteiger charge is -2.13. The maximum atomic E-state index is 12.2. The number of halogens is 2. The molecule has 0 fully saturated rings. The number of anilines is 2. The second-order valence-corrected chi connectivity index (χ2v) is 6.17. The first-order valence-electron chi connectivity index (χ1n) is 7.87. The molecule has 2 rings (SSSR count). The second kappa shape index (κ2) is 9.30. The summed E-state index contributed by atoms with van der Waals surface area (Å²) >= 11 is 12.0. The Bertz CT molecular complexity index is 766. The van der Waals surface area contributed by atoms with Crippen LogP contribution < -0.4 is 16.0 Å². The lowest BCUT2D eigenvalue weighted by molar-refractivity contribution is -0.114. The van der Waals surface area contributed by atoms with E-state index in [2.05, 4.69) is 16.0 Å². The molecule has 0 atom stereocenters. The maximum absolute atomic E-state index is 12.2. The Kier molecular flexibility index (Phi) is 7.10. The van der Waals surface area contributed by atoms with Gasteiger partial charge in [-0.1, -0.05) is 42.3 Å². The minimum absolute atomic E-state index is 0.00622. The number of nitrogens with one attached hydrogen (secondary N) is 3. The summed E-state index contributed by atoms with van der Waals surface area (Å²) in [7, 11) is 0. The second-order valence-electron chi connectivity index (χ2n) is 5.33. The van der Waals surface area contributed by atoms with Gasteiger partial charge in [-0.3, -0.25) is 9.59 Å².